The highest BCUT2D eigenvalue weighted by molar-refractivity contribution is 7.92. The highest BCUT2D eigenvalue weighted by atomic mass is 32.2. The normalized spacial score (nSPS) is 12.2. The van der Waals surface area contributed by atoms with E-state index in [1.54, 1.807) is 24.3 Å². The number of nitro benzene ring substituents is 1. The summed E-state index contributed by atoms with van der Waals surface area (Å²) in [6, 6.07) is 15.0. The van der Waals surface area contributed by atoms with Crippen molar-refractivity contribution in [3.8, 4) is 0 Å². The number of anilines is 1. The van der Waals surface area contributed by atoms with Crippen molar-refractivity contribution in [3.63, 3.8) is 0 Å². The topological polar surface area (TPSA) is 123 Å². The van der Waals surface area contributed by atoms with E-state index in [2.05, 4.69) is 19.2 Å². The predicted molar refractivity (Wildman–Crippen MR) is 123 cm³/mol. The molecule has 10 heteroatoms. The summed E-state index contributed by atoms with van der Waals surface area (Å²) in [5.41, 5.74) is 0.961. The van der Waals surface area contributed by atoms with Gasteiger partial charge in [-0.2, -0.15) is 0 Å². The SMILES string of the molecule is CCC(C)c1ccc(N(CC(=O)NCc2ccco2)S(=O)(=O)c2cccc([N+](=O)[O-])c2)cc1. The highest BCUT2D eigenvalue weighted by Crippen LogP contribution is 2.28. The Hall–Kier alpha value is -3.66. The number of furan rings is 1. The van der Waals surface area contributed by atoms with Gasteiger partial charge in [0.2, 0.25) is 5.91 Å². The van der Waals surface area contributed by atoms with Crippen LogP contribution in [0.4, 0.5) is 11.4 Å². The van der Waals surface area contributed by atoms with Crippen LogP contribution in [0.3, 0.4) is 0 Å². The van der Waals surface area contributed by atoms with Gasteiger partial charge in [0.15, 0.2) is 0 Å². The second-order valence-electron chi connectivity index (χ2n) is 7.52. The molecule has 1 N–H and O–H groups in total. The molecule has 0 spiro atoms. The maximum atomic E-state index is 13.5. The molecule has 0 aliphatic heterocycles. The average molecular weight is 472 g/mol. The number of sulfonamides is 1. The molecule has 2 aromatic carbocycles. The molecule has 3 aromatic rings. The molecule has 1 aromatic heterocycles. The van der Waals surface area contributed by atoms with E-state index in [1.807, 2.05) is 12.1 Å². The first-order chi connectivity index (χ1) is 15.7. The number of hydrogen-bond acceptors (Lipinski definition) is 6. The highest BCUT2D eigenvalue weighted by Gasteiger charge is 2.28. The number of carbonyl (C=O) groups excluding carboxylic acids is 1. The van der Waals surface area contributed by atoms with Gasteiger partial charge in [0, 0.05) is 12.1 Å². The van der Waals surface area contributed by atoms with Gasteiger partial charge in [-0.15, -0.1) is 0 Å². The third kappa shape index (κ3) is 5.78. The summed E-state index contributed by atoms with van der Waals surface area (Å²) in [7, 11) is -4.27. The van der Waals surface area contributed by atoms with Gasteiger partial charge in [0.1, 0.15) is 12.3 Å². The minimum atomic E-state index is -4.27. The largest absolute Gasteiger partial charge is 0.467 e. The molecule has 0 fully saturated rings. The van der Waals surface area contributed by atoms with Gasteiger partial charge in [-0.3, -0.25) is 19.2 Å². The zero-order valence-electron chi connectivity index (χ0n) is 18.3. The van der Waals surface area contributed by atoms with Crippen LogP contribution >= 0.6 is 0 Å². The fraction of sp³-hybridized carbons (Fsp3) is 0.261. The molecule has 1 amide bonds. The number of hydrogen-bond donors (Lipinski definition) is 1. The first-order valence-electron chi connectivity index (χ1n) is 10.4. The fourth-order valence-electron chi connectivity index (χ4n) is 3.19. The average Bonchev–Trinajstić information content (AvgIpc) is 3.34. The lowest BCUT2D eigenvalue weighted by Crippen LogP contribution is -2.40. The molecule has 0 saturated carbocycles. The van der Waals surface area contributed by atoms with E-state index in [-0.39, 0.29) is 28.7 Å². The number of rotatable bonds is 10. The van der Waals surface area contributed by atoms with Crippen LogP contribution in [0, 0.1) is 10.1 Å². The molecule has 9 nitrogen and oxygen atoms in total. The molecule has 0 saturated heterocycles. The predicted octanol–water partition coefficient (Wildman–Crippen LogP) is 4.21. The minimum Gasteiger partial charge on any atom is -0.467 e. The Balaban J connectivity index is 1.94. The number of nitro groups is 1. The lowest BCUT2D eigenvalue weighted by atomic mass is 9.99. The smallest absolute Gasteiger partial charge is 0.270 e. The first-order valence-corrected chi connectivity index (χ1v) is 11.8. The molecule has 174 valence electrons. The lowest BCUT2D eigenvalue weighted by Gasteiger charge is -2.24. The molecular weight excluding hydrogens is 446 g/mol. The van der Waals surface area contributed by atoms with E-state index in [9.17, 15) is 23.3 Å². The van der Waals surface area contributed by atoms with Crippen LogP contribution in [-0.2, 0) is 21.4 Å². The minimum absolute atomic E-state index is 0.101. The van der Waals surface area contributed by atoms with Gasteiger partial charge in [0.25, 0.3) is 15.7 Å². The van der Waals surface area contributed by atoms with Gasteiger partial charge < -0.3 is 9.73 Å². The van der Waals surface area contributed by atoms with Crippen molar-refractivity contribution < 1.29 is 22.6 Å². The van der Waals surface area contributed by atoms with Crippen LogP contribution in [0.2, 0.25) is 0 Å². The van der Waals surface area contributed by atoms with Gasteiger partial charge in [-0.05, 0) is 48.2 Å². The van der Waals surface area contributed by atoms with Gasteiger partial charge in [-0.25, -0.2) is 8.42 Å². The number of amides is 1. The molecular formula is C23H25N3O6S. The molecule has 1 unspecified atom stereocenters. The summed E-state index contributed by atoms with van der Waals surface area (Å²) in [5, 5.41) is 13.8. The van der Waals surface area contributed by atoms with Crippen molar-refractivity contribution in [1.29, 1.82) is 0 Å². The van der Waals surface area contributed by atoms with Crippen LogP contribution in [-0.4, -0.2) is 25.8 Å². The molecule has 0 aliphatic rings. The number of nitrogens with zero attached hydrogens (tertiary/aromatic N) is 2. The summed E-state index contributed by atoms with van der Waals surface area (Å²) < 4.78 is 33.0. The van der Waals surface area contributed by atoms with Crippen molar-refractivity contribution >= 4 is 27.3 Å². The van der Waals surface area contributed by atoms with E-state index in [0.29, 0.717) is 5.76 Å². The number of carbonyl (C=O) groups is 1. The summed E-state index contributed by atoms with van der Waals surface area (Å²) in [5.74, 6) is 0.262. The van der Waals surface area contributed by atoms with Gasteiger partial charge in [0.05, 0.1) is 28.3 Å². The Morgan fingerprint density at radius 2 is 1.88 bits per heavy atom. The Kier molecular flexibility index (Phi) is 7.49. The van der Waals surface area contributed by atoms with Crippen LogP contribution < -0.4 is 9.62 Å². The second kappa shape index (κ2) is 10.3. The quantitative estimate of drug-likeness (QED) is 0.349. The summed E-state index contributed by atoms with van der Waals surface area (Å²) in [6.07, 6.45) is 2.39. The van der Waals surface area contributed by atoms with Crippen molar-refractivity contribution in [2.45, 2.75) is 37.6 Å². The summed E-state index contributed by atoms with van der Waals surface area (Å²) in [6.45, 7) is 3.72. The first kappa shape index (κ1) is 24.0. The maximum Gasteiger partial charge on any atom is 0.270 e. The van der Waals surface area contributed by atoms with E-state index in [0.717, 1.165) is 22.4 Å². The Morgan fingerprint density at radius 1 is 1.15 bits per heavy atom. The van der Waals surface area contributed by atoms with Gasteiger partial charge >= 0.3 is 0 Å². The maximum absolute atomic E-state index is 13.5. The van der Waals surface area contributed by atoms with Gasteiger partial charge in [-0.1, -0.05) is 32.0 Å². The van der Waals surface area contributed by atoms with E-state index in [4.69, 9.17) is 4.42 Å². The lowest BCUT2D eigenvalue weighted by molar-refractivity contribution is -0.385. The Labute approximate surface area is 192 Å². The molecule has 33 heavy (non-hydrogen) atoms. The molecule has 0 aliphatic carbocycles. The van der Waals surface area contributed by atoms with E-state index >= 15 is 0 Å². The van der Waals surface area contributed by atoms with Crippen molar-refractivity contribution in [3.05, 3.63) is 88.4 Å². The number of nitrogens with one attached hydrogen (secondary N) is 1. The zero-order valence-corrected chi connectivity index (χ0v) is 19.1. The number of benzene rings is 2. The summed E-state index contributed by atoms with van der Waals surface area (Å²) >= 11 is 0. The molecule has 3 rings (SSSR count). The molecule has 0 bridgehead atoms. The van der Waals surface area contributed by atoms with Crippen LogP contribution in [0.5, 0.6) is 0 Å². The molecule has 0 radical (unpaired) electrons. The van der Waals surface area contributed by atoms with Crippen molar-refractivity contribution in [2.75, 3.05) is 10.8 Å². The van der Waals surface area contributed by atoms with Crippen molar-refractivity contribution in [1.82, 2.24) is 5.32 Å². The second-order valence-corrected chi connectivity index (χ2v) is 9.39. The van der Waals surface area contributed by atoms with Crippen LogP contribution in [0.1, 0.15) is 37.5 Å². The zero-order chi connectivity index (χ0) is 24.0. The summed E-state index contributed by atoms with van der Waals surface area (Å²) in [4.78, 5) is 22.8. The Bertz CT molecular complexity index is 1210. The van der Waals surface area contributed by atoms with Crippen LogP contribution in [0.15, 0.2) is 76.2 Å². The molecule has 1 heterocycles. The number of non-ortho nitro benzene ring substituents is 1. The van der Waals surface area contributed by atoms with Crippen LogP contribution in [0.25, 0.3) is 0 Å². The third-order valence-electron chi connectivity index (χ3n) is 5.31. The van der Waals surface area contributed by atoms with Crippen molar-refractivity contribution in [2.24, 2.45) is 0 Å². The standard InChI is InChI=1S/C23H25N3O6S/c1-3-17(2)18-9-11-19(12-10-18)25(16-23(27)24-15-21-7-5-13-32-21)33(30,31)22-8-4-6-20(14-22)26(28)29/h4-14,17H,3,15-16H2,1-2H3,(H,24,27). The van der Waals surface area contributed by atoms with E-state index in [1.165, 1.54) is 24.5 Å². The molecule has 1 atom stereocenters. The third-order valence-corrected chi connectivity index (χ3v) is 7.08. The fourth-order valence-corrected chi connectivity index (χ4v) is 4.65. The monoisotopic (exact) mass is 471 g/mol. The van der Waals surface area contributed by atoms with E-state index < -0.39 is 27.4 Å². The Morgan fingerprint density at radius 3 is 2.48 bits per heavy atom.